The normalized spacial score (nSPS) is 19.5. The van der Waals surface area contributed by atoms with E-state index in [2.05, 4.69) is 32.8 Å². The van der Waals surface area contributed by atoms with Crippen LogP contribution in [0.2, 0.25) is 0 Å². The second-order valence-electron chi connectivity index (χ2n) is 6.49. The lowest BCUT2D eigenvalue weighted by atomic mass is 9.83. The summed E-state index contributed by atoms with van der Waals surface area (Å²) in [6, 6.07) is 0. The Morgan fingerprint density at radius 2 is 1.65 bits per heavy atom. The number of rotatable bonds is 2. The Labute approximate surface area is 128 Å². The molecule has 0 saturated heterocycles. The van der Waals surface area contributed by atoms with Gasteiger partial charge in [0.05, 0.1) is 0 Å². The summed E-state index contributed by atoms with van der Waals surface area (Å²) in [6.07, 6.45) is 0. The second kappa shape index (κ2) is 5.45. The van der Waals surface area contributed by atoms with Gasteiger partial charge in [-0.05, 0) is 65.4 Å². The molecule has 1 aliphatic rings. The van der Waals surface area contributed by atoms with Gasteiger partial charge in [-0.2, -0.15) is 0 Å². The number of fused-ring (bicyclic) bond motifs is 1. The van der Waals surface area contributed by atoms with Crippen LogP contribution in [0.25, 0.3) is 0 Å². The number of phenols is 1. The number of nitrogens with zero attached hydrogens (tertiary/aromatic N) is 1. The fraction of sp³-hybridized carbons (Fsp3) is 0.625. The summed E-state index contributed by atoms with van der Waals surface area (Å²) < 4.78 is 6.22. The van der Waals surface area contributed by atoms with E-state index in [1.165, 1.54) is 5.56 Å². The van der Waals surface area contributed by atoms with E-state index in [0.717, 1.165) is 29.0 Å². The van der Waals surface area contributed by atoms with Crippen LogP contribution in [-0.2, 0) is 0 Å². The minimum absolute atomic E-state index is 0. The van der Waals surface area contributed by atoms with Crippen molar-refractivity contribution in [2.24, 2.45) is 0 Å². The number of benzene rings is 1. The maximum absolute atomic E-state index is 10.3. The van der Waals surface area contributed by atoms with E-state index in [9.17, 15) is 5.11 Å². The van der Waals surface area contributed by atoms with Crippen LogP contribution in [-0.4, -0.2) is 36.2 Å². The summed E-state index contributed by atoms with van der Waals surface area (Å²) in [5, 5.41) is 10.3. The average Bonchev–Trinajstić information content (AvgIpc) is 2.56. The van der Waals surface area contributed by atoms with E-state index < -0.39 is 0 Å². The smallest absolute Gasteiger partial charge is 0.127 e. The molecule has 0 amide bonds. The molecule has 1 aliphatic heterocycles. The molecule has 4 heteroatoms. The summed E-state index contributed by atoms with van der Waals surface area (Å²) in [7, 11) is 4.15. The molecule has 0 bridgehead atoms. The number of hydrogen-bond donors (Lipinski definition) is 1. The number of hydrogen-bond acceptors (Lipinski definition) is 3. The highest BCUT2D eigenvalue weighted by Gasteiger charge is 2.44. The molecule has 0 aliphatic carbocycles. The van der Waals surface area contributed by atoms with E-state index in [1.807, 2.05) is 20.8 Å². The van der Waals surface area contributed by atoms with Crippen molar-refractivity contribution in [2.75, 3.05) is 20.6 Å². The highest BCUT2D eigenvalue weighted by Crippen LogP contribution is 2.51. The molecule has 1 atom stereocenters. The van der Waals surface area contributed by atoms with Crippen molar-refractivity contribution in [1.82, 2.24) is 4.90 Å². The summed E-state index contributed by atoms with van der Waals surface area (Å²) in [5.74, 6) is 1.67. The average molecular weight is 300 g/mol. The molecule has 0 spiro atoms. The first-order chi connectivity index (χ1) is 8.66. The topological polar surface area (TPSA) is 32.7 Å². The molecule has 3 nitrogen and oxygen atoms in total. The minimum Gasteiger partial charge on any atom is -0.507 e. The highest BCUT2D eigenvalue weighted by molar-refractivity contribution is 5.85. The molecule has 1 unspecified atom stereocenters. The third-order valence-electron chi connectivity index (χ3n) is 4.36. The van der Waals surface area contributed by atoms with E-state index in [1.54, 1.807) is 0 Å². The molecule has 0 aromatic heterocycles. The molecule has 1 heterocycles. The van der Waals surface area contributed by atoms with Gasteiger partial charge in [0.2, 0.25) is 0 Å². The SMILES string of the molecule is Cc1c(C)c2c(c(C)c1O)C(CN(C)C)C(C)(C)O2.Cl. The van der Waals surface area contributed by atoms with Crippen LogP contribution >= 0.6 is 12.4 Å². The third kappa shape index (κ3) is 2.49. The predicted molar refractivity (Wildman–Crippen MR) is 85.6 cm³/mol. The van der Waals surface area contributed by atoms with Gasteiger partial charge in [0.1, 0.15) is 17.1 Å². The van der Waals surface area contributed by atoms with Crippen molar-refractivity contribution in [3.8, 4) is 11.5 Å². The summed E-state index contributed by atoms with van der Waals surface area (Å²) in [4.78, 5) is 2.18. The van der Waals surface area contributed by atoms with Crippen LogP contribution in [0.3, 0.4) is 0 Å². The maximum atomic E-state index is 10.3. The largest absolute Gasteiger partial charge is 0.507 e. The molecule has 114 valence electrons. The quantitative estimate of drug-likeness (QED) is 0.906. The van der Waals surface area contributed by atoms with Gasteiger partial charge in [-0.15, -0.1) is 12.4 Å². The molecule has 0 radical (unpaired) electrons. The first-order valence-electron chi connectivity index (χ1n) is 6.83. The molecule has 1 aromatic rings. The Bertz CT molecular complexity index is 524. The van der Waals surface area contributed by atoms with Gasteiger partial charge >= 0.3 is 0 Å². The van der Waals surface area contributed by atoms with Crippen LogP contribution < -0.4 is 4.74 Å². The van der Waals surface area contributed by atoms with Crippen molar-refractivity contribution in [3.63, 3.8) is 0 Å². The zero-order valence-corrected chi connectivity index (χ0v) is 14.3. The van der Waals surface area contributed by atoms with Crippen molar-refractivity contribution < 1.29 is 9.84 Å². The number of halogens is 1. The van der Waals surface area contributed by atoms with E-state index in [4.69, 9.17) is 4.74 Å². The Hall–Kier alpha value is -0.930. The monoisotopic (exact) mass is 299 g/mol. The summed E-state index contributed by atoms with van der Waals surface area (Å²) in [5.41, 5.74) is 3.90. The molecule has 20 heavy (non-hydrogen) atoms. The number of likely N-dealkylation sites (N-methyl/N-ethyl adjacent to an activating group) is 1. The van der Waals surface area contributed by atoms with Gasteiger partial charge in [0, 0.05) is 18.0 Å². The summed E-state index contributed by atoms with van der Waals surface area (Å²) in [6.45, 7) is 11.2. The lowest BCUT2D eigenvalue weighted by Crippen LogP contribution is -2.36. The first kappa shape index (κ1) is 17.1. The third-order valence-corrected chi connectivity index (χ3v) is 4.36. The standard InChI is InChI=1S/C16H25NO2.ClH/c1-9-10(2)15-13(11(3)14(9)18)12(8-17(6)7)16(4,5)19-15;/h12,18H,8H2,1-7H3;1H. The maximum Gasteiger partial charge on any atom is 0.127 e. The van der Waals surface area contributed by atoms with Gasteiger partial charge < -0.3 is 14.7 Å². The van der Waals surface area contributed by atoms with Crippen molar-refractivity contribution >= 4 is 12.4 Å². The molecule has 2 rings (SSSR count). The van der Waals surface area contributed by atoms with Crippen LogP contribution in [0.15, 0.2) is 0 Å². The van der Waals surface area contributed by atoms with Crippen molar-refractivity contribution in [2.45, 2.75) is 46.1 Å². The minimum atomic E-state index is -0.234. The Kier molecular flexibility index (Phi) is 4.67. The van der Waals surface area contributed by atoms with Crippen LogP contribution in [0.5, 0.6) is 11.5 Å². The number of phenolic OH excluding ortho intramolecular Hbond substituents is 1. The Balaban J connectivity index is 0.00000200. The number of ether oxygens (including phenoxy) is 1. The molecule has 0 saturated carbocycles. The fourth-order valence-electron chi connectivity index (χ4n) is 3.04. The van der Waals surface area contributed by atoms with Crippen LogP contribution in [0, 0.1) is 20.8 Å². The van der Waals surface area contributed by atoms with Gasteiger partial charge in [0.15, 0.2) is 0 Å². The zero-order valence-electron chi connectivity index (χ0n) is 13.5. The highest BCUT2D eigenvalue weighted by atomic mass is 35.5. The summed E-state index contributed by atoms with van der Waals surface area (Å²) >= 11 is 0. The van der Waals surface area contributed by atoms with Crippen LogP contribution in [0.4, 0.5) is 0 Å². The Morgan fingerprint density at radius 3 is 2.15 bits per heavy atom. The number of aromatic hydroxyl groups is 1. The van der Waals surface area contributed by atoms with E-state index >= 15 is 0 Å². The lowest BCUT2D eigenvalue weighted by Gasteiger charge is -2.29. The van der Waals surface area contributed by atoms with Crippen molar-refractivity contribution in [1.29, 1.82) is 0 Å². The van der Waals surface area contributed by atoms with Crippen LogP contribution in [0.1, 0.15) is 42.0 Å². The molecular formula is C16H26ClNO2. The van der Waals surface area contributed by atoms with E-state index in [-0.39, 0.29) is 23.9 Å². The Morgan fingerprint density at radius 1 is 1.10 bits per heavy atom. The van der Waals surface area contributed by atoms with Gasteiger partial charge in [-0.25, -0.2) is 0 Å². The van der Waals surface area contributed by atoms with Gasteiger partial charge in [0.25, 0.3) is 0 Å². The second-order valence-corrected chi connectivity index (χ2v) is 6.49. The fourth-order valence-corrected chi connectivity index (χ4v) is 3.04. The predicted octanol–water partition coefficient (Wildman–Crippen LogP) is 3.56. The molecule has 1 aromatic carbocycles. The molecule has 1 N–H and O–H groups in total. The zero-order chi connectivity index (χ0) is 14.5. The van der Waals surface area contributed by atoms with Gasteiger partial charge in [-0.1, -0.05) is 0 Å². The van der Waals surface area contributed by atoms with Gasteiger partial charge in [-0.3, -0.25) is 0 Å². The van der Waals surface area contributed by atoms with Crippen molar-refractivity contribution in [3.05, 3.63) is 22.3 Å². The molecular weight excluding hydrogens is 274 g/mol. The lowest BCUT2D eigenvalue weighted by molar-refractivity contribution is 0.0972. The first-order valence-corrected chi connectivity index (χ1v) is 6.83. The molecule has 0 fully saturated rings. The van der Waals surface area contributed by atoms with E-state index in [0.29, 0.717) is 5.75 Å².